The summed E-state index contributed by atoms with van der Waals surface area (Å²) in [4.78, 5) is 20.9. The maximum Gasteiger partial charge on any atom is 0.292 e. The Hall–Kier alpha value is -2.45. The van der Waals surface area contributed by atoms with Crippen molar-refractivity contribution in [1.82, 2.24) is 0 Å². The van der Waals surface area contributed by atoms with Crippen molar-refractivity contribution in [3.63, 3.8) is 0 Å². The van der Waals surface area contributed by atoms with Gasteiger partial charge in [-0.1, -0.05) is 43.7 Å². The minimum absolute atomic E-state index is 0.212. The summed E-state index contributed by atoms with van der Waals surface area (Å²) < 4.78 is 5.79. The van der Waals surface area contributed by atoms with Crippen LogP contribution in [0.1, 0.15) is 31.4 Å². The van der Waals surface area contributed by atoms with Gasteiger partial charge < -0.3 is 4.18 Å². The zero-order chi connectivity index (χ0) is 17.5. The molecule has 0 aliphatic heterocycles. The summed E-state index contributed by atoms with van der Waals surface area (Å²) in [6.45, 7) is 2.03. The smallest absolute Gasteiger partial charge is 0.292 e. The summed E-state index contributed by atoms with van der Waals surface area (Å²) in [5.41, 5.74) is 0.327. The molecule has 0 aliphatic rings. The van der Waals surface area contributed by atoms with Gasteiger partial charge in [-0.15, -0.1) is 0 Å². The number of benzene rings is 2. The lowest BCUT2D eigenvalue weighted by atomic mass is 10.1. The largest absolute Gasteiger partial charge is 0.302 e. The van der Waals surface area contributed by atoms with E-state index in [9.17, 15) is 20.2 Å². The van der Waals surface area contributed by atoms with Crippen LogP contribution in [0.3, 0.4) is 0 Å². The normalized spacial score (nSPS) is 11.9. The number of non-ortho nitro benzene ring substituents is 1. The molecule has 0 spiro atoms. The monoisotopic (exact) mass is 348 g/mol. The van der Waals surface area contributed by atoms with Crippen LogP contribution in [0.5, 0.6) is 0 Å². The Bertz CT molecular complexity index is 724. The molecule has 0 fully saturated rings. The summed E-state index contributed by atoms with van der Waals surface area (Å²) >= 11 is 0.874. The quantitative estimate of drug-likeness (QED) is 0.375. The third-order valence-electron chi connectivity index (χ3n) is 3.33. The number of nitro groups is 2. The van der Waals surface area contributed by atoms with Crippen molar-refractivity contribution in [3.05, 3.63) is 74.3 Å². The number of hydrogen-bond donors (Lipinski definition) is 0. The van der Waals surface area contributed by atoms with Crippen LogP contribution in [-0.4, -0.2) is 9.85 Å². The van der Waals surface area contributed by atoms with Crippen LogP contribution in [0.25, 0.3) is 0 Å². The van der Waals surface area contributed by atoms with Gasteiger partial charge in [0.15, 0.2) is 0 Å². The molecule has 0 bridgehead atoms. The Labute approximate surface area is 143 Å². The molecule has 0 saturated carbocycles. The van der Waals surface area contributed by atoms with Crippen molar-refractivity contribution in [2.45, 2.75) is 30.8 Å². The Morgan fingerprint density at radius 2 is 1.79 bits per heavy atom. The van der Waals surface area contributed by atoms with Crippen LogP contribution in [0.2, 0.25) is 0 Å². The zero-order valence-electron chi connectivity index (χ0n) is 13.0. The number of hydrogen-bond acceptors (Lipinski definition) is 6. The number of nitro benzene ring substituents is 2. The third-order valence-corrected chi connectivity index (χ3v) is 4.18. The molecule has 8 heteroatoms. The van der Waals surface area contributed by atoms with Gasteiger partial charge in [0.1, 0.15) is 4.90 Å². The Morgan fingerprint density at radius 3 is 2.38 bits per heavy atom. The van der Waals surface area contributed by atoms with E-state index in [4.69, 9.17) is 4.18 Å². The van der Waals surface area contributed by atoms with Gasteiger partial charge in [-0.25, -0.2) is 0 Å². The van der Waals surface area contributed by atoms with Crippen molar-refractivity contribution in [2.24, 2.45) is 0 Å². The molecule has 0 heterocycles. The first-order valence-electron chi connectivity index (χ1n) is 7.34. The second-order valence-electron chi connectivity index (χ2n) is 5.03. The zero-order valence-corrected chi connectivity index (χ0v) is 13.8. The molecule has 2 rings (SSSR count). The molecule has 1 atom stereocenters. The van der Waals surface area contributed by atoms with Crippen LogP contribution in [0.4, 0.5) is 11.4 Å². The molecule has 0 amide bonds. The SMILES string of the molecule is CCC[C@H](OSc1ccc([N+](=O)[O-])cc1[N+](=O)[O-])c1ccccc1. The third kappa shape index (κ3) is 4.53. The highest BCUT2D eigenvalue weighted by Gasteiger charge is 2.22. The molecule has 0 saturated heterocycles. The number of rotatable bonds is 8. The lowest BCUT2D eigenvalue weighted by Gasteiger charge is -2.16. The van der Waals surface area contributed by atoms with Crippen molar-refractivity contribution in [1.29, 1.82) is 0 Å². The summed E-state index contributed by atoms with van der Waals surface area (Å²) in [5, 5.41) is 21.9. The lowest BCUT2D eigenvalue weighted by molar-refractivity contribution is -0.396. The molecular weight excluding hydrogens is 332 g/mol. The highest BCUT2D eigenvalue weighted by atomic mass is 32.2. The lowest BCUT2D eigenvalue weighted by Crippen LogP contribution is -2.00. The van der Waals surface area contributed by atoms with E-state index in [1.165, 1.54) is 12.1 Å². The molecule has 0 radical (unpaired) electrons. The number of nitrogens with zero attached hydrogens (tertiary/aromatic N) is 2. The van der Waals surface area contributed by atoms with Gasteiger partial charge in [-0.05, 0) is 18.1 Å². The molecule has 2 aromatic rings. The molecule has 2 aromatic carbocycles. The van der Waals surface area contributed by atoms with Crippen molar-refractivity contribution in [2.75, 3.05) is 0 Å². The Balaban J connectivity index is 2.20. The van der Waals surface area contributed by atoms with Gasteiger partial charge in [0.2, 0.25) is 0 Å². The predicted molar refractivity (Wildman–Crippen MR) is 90.8 cm³/mol. The maximum atomic E-state index is 11.2. The first-order valence-corrected chi connectivity index (χ1v) is 8.08. The van der Waals surface area contributed by atoms with Gasteiger partial charge in [0.05, 0.1) is 22.0 Å². The highest BCUT2D eigenvalue weighted by molar-refractivity contribution is 7.94. The van der Waals surface area contributed by atoms with E-state index in [-0.39, 0.29) is 22.4 Å². The van der Waals surface area contributed by atoms with Gasteiger partial charge in [-0.3, -0.25) is 20.2 Å². The van der Waals surface area contributed by atoms with Crippen molar-refractivity contribution < 1.29 is 14.0 Å². The molecule has 0 unspecified atom stereocenters. The fourth-order valence-electron chi connectivity index (χ4n) is 2.14. The molecule has 126 valence electrons. The Kier molecular flexibility index (Phi) is 6.28. The van der Waals surface area contributed by atoms with Crippen molar-refractivity contribution in [3.8, 4) is 0 Å². The van der Waals surface area contributed by atoms with Crippen LogP contribution in [0, 0.1) is 20.2 Å². The first kappa shape index (κ1) is 17.9. The van der Waals surface area contributed by atoms with Gasteiger partial charge in [0, 0.05) is 18.1 Å². The molecule has 7 nitrogen and oxygen atoms in total. The predicted octanol–water partition coefficient (Wildman–Crippen LogP) is 5.07. The van der Waals surface area contributed by atoms with E-state index in [1.54, 1.807) is 0 Å². The van der Waals surface area contributed by atoms with Crippen LogP contribution in [-0.2, 0) is 4.18 Å². The average Bonchev–Trinajstić information content (AvgIpc) is 2.59. The fourth-order valence-corrected chi connectivity index (χ4v) is 2.91. The fraction of sp³-hybridized carbons (Fsp3) is 0.250. The molecular formula is C16H16N2O5S. The van der Waals surface area contributed by atoms with Gasteiger partial charge in [-0.2, -0.15) is 0 Å². The van der Waals surface area contributed by atoms with E-state index in [2.05, 4.69) is 0 Å². The van der Waals surface area contributed by atoms with E-state index in [0.717, 1.165) is 36.5 Å². The standard InChI is InChI=1S/C16H16N2O5S/c1-2-6-15(12-7-4-3-5-8-12)23-24-16-10-9-13(17(19)20)11-14(16)18(21)22/h3-5,7-11,15H,2,6H2,1H3/t15-/m0/s1. The average molecular weight is 348 g/mol. The van der Waals surface area contributed by atoms with Crippen molar-refractivity contribution >= 4 is 23.4 Å². The van der Waals surface area contributed by atoms with Crippen LogP contribution >= 0.6 is 12.0 Å². The second kappa shape index (κ2) is 8.42. The van der Waals surface area contributed by atoms with Gasteiger partial charge in [0.25, 0.3) is 11.4 Å². The second-order valence-corrected chi connectivity index (χ2v) is 5.83. The summed E-state index contributed by atoms with van der Waals surface area (Å²) in [6, 6.07) is 13.1. The van der Waals surface area contributed by atoms with E-state index in [1.807, 2.05) is 37.3 Å². The summed E-state index contributed by atoms with van der Waals surface area (Å²) in [5.74, 6) is 0. The summed E-state index contributed by atoms with van der Waals surface area (Å²) in [7, 11) is 0. The van der Waals surface area contributed by atoms with E-state index in [0.29, 0.717) is 0 Å². The molecule has 0 N–H and O–H groups in total. The molecule has 24 heavy (non-hydrogen) atoms. The topological polar surface area (TPSA) is 95.5 Å². The van der Waals surface area contributed by atoms with Gasteiger partial charge >= 0.3 is 0 Å². The summed E-state index contributed by atoms with van der Waals surface area (Å²) in [6.07, 6.45) is 1.44. The first-order chi connectivity index (χ1) is 11.5. The molecule has 0 aromatic heterocycles. The van der Waals surface area contributed by atoms with E-state index < -0.39 is 9.85 Å². The highest BCUT2D eigenvalue weighted by Crippen LogP contribution is 2.37. The maximum absolute atomic E-state index is 11.2. The van der Waals surface area contributed by atoms with Crippen LogP contribution in [0.15, 0.2) is 53.4 Å². The minimum atomic E-state index is -0.661. The molecule has 0 aliphatic carbocycles. The Morgan fingerprint density at radius 1 is 1.08 bits per heavy atom. The van der Waals surface area contributed by atoms with E-state index >= 15 is 0 Å². The van der Waals surface area contributed by atoms with Crippen LogP contribution < -0.4 is 0 Å². The minimum Gasteiger partial charge on any atom is -0.302 e.